The molecule has 0 aliphatic carbocycles. The minimum Gasteiger partial charge on any atom is -0.313 e. The van der Waals surface area contributed by atoms with Gasteiger partial charge in [-0.05, 0) is 43.1 Å². The van der Waals surface area contributed by atoms with Gasteiger partial charge in [0, 0.05) is 18.1 Å². The Labute approximate surface area is 99.9 Å². The monoisotopic (exact) mass is 230 g/mol. The number of nitrogens with one attached hydrogen (secondary N) is 1. The number of halogens is 1. The van der Waals surface area contributed by atoms with Gasteiger partial charge in [0.05, 0.1) is 5.52 Å². The molecular formula is C14H15FN2. The summed E-state index contributed by atoms with van der Waals surface area (Å²) in [5.74, 6) is 0. The highest BCUT2D eigenvalue weighted by atomic mass is 19.1. The van der Waals surface area contributed by atoms with E-state index in [4.69, 9.17) is 0 Å². The first-order valence-electron chi connectivity index (χ1n) is 6.03. The largest absolute Gasteiger partial charge is 0.313 e. The summed E-state index contributed by atoms with van der Waals surface area (Å²) in [5.41, 5.74) is 0.469. The lowest BCUT2D eigenvalue weighted by Gasteiger charge is -2.30. The van der Waals surface area contributed by atoms with Gasteiger partial charge in [0.25, 0.3) is 0 Å². The molecule has 2 aromatic rings. The van der Waals surface area contributed by atoms with Crippen LogP contribution in [0, 0.1) is 0 Å². The molecule has 1 unspecified atom stereocenters. The molecule has 1 aromatic heterocycles. The minimum absolute atomic E-state index is 0.415. The Morgan fingerprint density at radius 3 is 3.06 bits per heavy atom. The van der Waals surface area contributed by atoms with Gasteiger partial charge in [-0.25, -0.2) is 4.39 Å². The second kappa shape index (κ2) is 4.08. The molecule has 1 saturated heterocycles. The van der Waals surface area contributed by atoms with Gasteiger partial charge in [-0.3, -0.25) is 4.98 Å². The van der Waals surface area contributed by atoms with Crippen LogP contribution < -0.4 is 5.32 Å². The van der Waals surface area contributed by atoms with Crippen molar-refractivity contribution in [3.05, 3.63) is 42.1 Å². The molecule has 2 heterocycles. The minimum atomic E-state index is -1.22. The summed E-state index contributed by atoms with van der Waals surface area (Å²) in [7, 11) is 0. The van der Waals surface area contributed by atoms with Gasteiger partial charge in [0.2, 0.25) is 0 Å². The van der Waals surface area contributed by atoms with E-state index in [9.17, 15) is 4.39 Å². The Hall–Kier alpha value is -1.48. The van der Waals surface area contributed by atoms with E-state index < -0.39 is 5.67 Å². The lowest BCUT2D eigenvalue weighted by Crippen LogP contribution is -2.40. The maximum Gasteiger partial charge on any atom is 0.148 e. The van der Waals surface area contributed by atoms with Crippen LogP contribution in [0.4, 0.5) is 4.39 Å². The van der Waals surface area contributed by atoms with Crippen molar-refractivity contribution >= 4 is 10.9 Å². The molecule has 0 saturated carbocycles. The highest BCUT2D eigenvalue weighted by Crippen LogP contribution is 2.33. The molecule has 2 nitrogen and oxygen atoms in total. The molecule has 1 aromatic carbocycles. The summed E-state index contributed by atoms with van der Waals surface area (Å²) in [6.07, 6.45) is 3.25. The lowest BCUT2D eigenvalue weighted by molar-refractivity contribution is 0.122. The van der Waals surface area contributed by atoms with Crippen LogP contribution in [0.1, 0.15) is 18.4 Å². The zero-order valence-electron chi connectivity index (χ0n) is 9.62. The van der Waals surface area contributed by atoms with E-state index in [1.807, 2.05) is 30.3 Å². The molecule has 3 rings (SSSR count). The molecule has 0 amide bonds. The number of rotatable bonds is 1. The number of piperidine rings is 1. The summed E-state index contributed by atoms with van der Waals surface area (Å²) in [4.78, 5) is 4.25. The average Bonchev–Trinajstić information content (AvgIpc) is 2.39. The topological polar surface area (TPSA) is 24.9 Å². The number of alkyl halides is 1. The maximum atomic E-state index is 14.7. The van der Waals surface area contributed by atoms with E-state index in [1.165, 1.54) is 0 Å². The first kappa shape index (κ1) is 10.7. The molecule has 1 aliphatic heterocycles. The standard InChI is InChI=1S/C14H15FN2/c15-14(6-2-7-16-10-14)12-4-5-13-11(9-12)3-1-8-17-13/h1,3-5,8-9,16H,2,6-7,10H2. The predicted molar refractivity (Wildman–Crippen MR) is 66.6 cm³/mol. The molecule has 0 bridgehead atoms. The Kier molecular flexibility index (Phi) is 2.56. The normalized spacial score (nSPS) is 25.0. The third-order valence-corrected chi connectivity index (χ3v) is 3.45. The van der Waals surface area contributed by atoms with Gasteiger partial charge in [-0.2, -0.15) is 0 Å². The summed E-state index contributed by atoms with van der Waals surface area (Å²) >= 11 is 0. The van der Waals surface area contributed by atoms with Crippen LogP contribution in [0.25, 0.3) is 10.9 Å². The Balaban J connectivity index is 2.05. The van der Waals surface area contributed by atoms with E-state index in [0.717, 1.165) is 29.4 Å². The van der Waals surface area contributed by atoms with E-state index in [0.29, 0.717) is 13.0 Å². The van der Waals surface area contributed by atoms with Crippen molar-refractivity contribution in [2.24, 2.45) is 0 Å². The molecule has 1 fully saturated rings. The van der Waals surface area contributed by atoms with Crippen molar-refractivity contribution < 1.29 is 4.39 Å². The van der Waals surface area contributed by atoms with Crippen molar-refractivity contribution in [3.63, 3.8) is 0 Å². The van der Waals surface area contributed by atoms with E-state index in [2.05, 4.69) is 10.3 Å². The van der Waals surface area contributed by atoms with Gasteiger partial charge >= 0.3 is 0 Å². The quantitative estimate of drug-likeness (QED) is 0.814. The number of hydrogen-bond acceptors (Lipinski definition) is 2. The molecule has 0 spiro atoms. The first-order chi connectivity index (χ1) is 8.28. The highest BCUT2D eigenvalue weighted by molar-refractivity contribution is 5.79. The van der Waals surface area contributed by atoms with Crippen LogP contribution in [0.2, 0.25) is 0 Å². The van der Waals surface area contributed by atoms with Gasteiger partial charge in [0.1, 0.15) is 5.67 Å². The maximum absolute atomic E-state index is 14.7. The van der Waals surface area contributed by atoms with Crippen LogP contribution in [-0.2, 0) is 5.67 Å². The number of hydrogen-bond donors (Lipinski definition) is 1. The average molecular weight is 230 g/mol. The second-order valence-corrected chi connectivity index (χ2v) is 4.66. The molecule has 1 N–H and O–H groups in total. The lowest BCUT2D eigenvalue weighted by atomic mass is 9.88. The number of pyridine rings is 1. The van der Waals surface area contributed by atoms with Gasteiger partial charge < -0.3 is 5.32 Å². The van der Waals surface area contributed by atoms with Gasteiger partial charge in [-0.15, -0.1) is 0 Å². The number of benzene rings is 1. The number of fused-ring (bicyclic) bond motifs is 1. The second-order valence-electron chi connectivity index (χ2n) is 4.66. The van der Waals surface area contributed by atoms with Gasteiger partial charge in [-0.1, -0.05) is 12.1 Å². The molecule has 88 valence electrons. The van der Waals surface area contributed by atoms with Crippen LogP contribution in [0.15, 0.2) is 36.5 Å². The summed E-state index contributed by atoms with van der Waals surface area (Å²) < 4.78 is 14.7. The third-order valence-electron chi connectivity index (χ3n) is 3.45. The summed E-state index contributed by atoms with van der Waals surface area (Å²) in [5, 5.41) is 4.14. The number of aromatic nitrogens is 1. The number of nitrogens with zero attached hydrogens (tertiary/aromatic N) is 1. The molecule has 1 aliphatic rings. The van der Waals surface area contributed by atoms with Crippen molar-refractivity contribution in [2.75, 3.05) is 13.1 Å². The van der Waals surface area contributed by atoms with Crippen LogP contribution in [-0.4, -0.2) is 18.1 Å². The zero-order valence-corrected chi connectivity index (χ0v) is 9.62. The van der Waals surface area contributed by atoms with Crippen LogP contribution in [0.3, 0.4) is 0 Å². The molecule has 3 heteroatoms. The van der Waals surface area contributed by atoms with Crippen molar-refractivity contribution in [2.45, 2.75) is 18.5 Å². The van der Waals surface area contributed by atoms with Crippen molar-refractivity contribution in [1.29, 1.82) is 0 Å². The molecule has 17 heavy (non-hydrogen) atoms. The molecular weight excluding hydrogens is 215 g/mol. The Morgan fingerprint density at radius 2 is 2.24 bits per heavy atom. The summed E-state index contributed by atoms with van der Waals surface area (Å²) in [6, 6.07) is 9.56. The van der Waals surface area contributed by atoms with E-state index >= 15 is 0 Å². The zero-order chi connectivity index (χ0) is 11.7. The fourth-order valence-electron chi connectivity index (χ4n) is 2.47. The van der Waals surface area contributed by atoms with E-state index in [1.54, 1.807) is 6.20 Å². The van der Waals surface area contributed by atoms with Gasteiger partial charge in [0.15, 0.2) is 0 Å². The fourth-order valence-corrected chi connectivity index (χ4v) is 2.47. The summed E-state index contributed by atoms with van der Waals surface area (Å²) in [6.45, 7) is 1.33. The fraction of sp³-hybridized carbons (Fsp3) is 0.357. The van der Waals surface area contributed by atoms with Crippen molar-refractivity contribution in [1.82, 2.24) is 10.3 Å². The predicted octanol–water partition coefficient (Wildman–Crippen LogP) is 2.78. The first-order valence-corrected chi connectivity index (χ1v) is 6.03. The van der Waals surface area contributed by atoms with Crippen molar-refractivity contribution in [3.8, 4) is 0 Å². The molecule has 0 radical (unpaired) electrons. The van der Waals surface area contributed by atoms with Crippen LogP contribution in [0.5, 0.6) is 0 Å². The third kappa shape index (κ3) is 1.91. The Morgan fingerprint density at radius 1 is 1.29 bits per heavy atom. The van der Waals surface area contributed by atoms with E-state index in [-0.39, 0.29) is 0 Å². The SMILES string of the molecule is FC1(c2ccc3ncccc3c2)CCCNC1. The molecule has 1 atom stereocenters. The highest BCUT2D eigenvalue weighted by Gasteiger charge is 2.33. The smallest absolute Gasteiger partial charge is 0.148 e. The Bertz CT molecular complexity index is 532. The van der Waals surface area contributed by atoms with Crippen LogP contribution >= 0.6 is 0 Å².